The second kappa shape index (κ2) is 10.7. The van der Waals surface area contributed by atoms with Crippen LogP contribution in [0.5, 0.6) is 11.5 Å². The molecule has 36 heavy (non-hydrogen) atoms. The fraction of sp³-hybridized carbons (Fsp3) is 0.115. The van der Waals surface area contributed by atoms with Gasteiger partial charge in [-0.3, -0.25) is 19.3 Å². The quantitative estimate of drug-likeness (QED) is 0.372. The van der Waals surface area contributed by atoms with E-state index in [1.54, 1.807) is 55.6 Å². The summed E-state index contributed by atoms with van der Waals surface area (Å²) in [6.45, 7) is 0.0452. The van der Waals surface area contributed by atoms with Gasteiger partial charge in [-0.05, 0) is 65.4 Å². The van der Waals surface area contributed by atoms with E-state index in [1.807, 2.05) is 0 Å². The molecular weight excluding hydrogens is 523 g/mol. The van der Waals surface area contributed by atoms with Gasteiger partial charge in [-0.25, -0.2) is 0 Å². The number of anilines is 1. The summed E-state index contributed by atoms with van der Waals surface area (Å²) in [5.74, 6) is -0.546. The third kappa shape index (κ3) is 5.36. The summed E-state index contributed by atoms with van der Waals surface area (Å²) in [6.07, 6.45) is 1.52. The number of rotatable bonds is 6. The van der Waals surface area contributed by atoms with Gasteiger partial charge in [-0.1, -0.05) is 41.4 Å². The van der Waals surface area contributed by atoms with Crippen molar-refractivity contribution in [3.63, 3.8) is 0 Å². The number of aromatic hydroxyl groups is 1. The first kappa shape index (κ1) is 25.6. The maximum absolute atomic E-state index is 13.1. The number of ether oxygens (including phenoxy) is 1. The van der Waals surface area contributed by atoms with Crippen LogP contribution in [-0.2, 0) is 11.3 Å². The van der Waals surface area contributed by atoms with Crippen LogP contribution in [0.2, 0.25) is 10.0 Å². The molecule has 3 aromatic carbocycles. The van der Waals surface area contributed by atoms with E-state index in [1.165, 1.54) is 30.2 Å². The second-order valence-corrected chi connectivity index (χ2v) is 9.67. The van der Waals surface area contributed by atoms with Crippen LogP contribution in [0.25, 0.3) is 6.08 Å². The topological polar surface area (TPSA) is 87.2 Å². The third-order valence-electron chi connectivity index (χ3n) is 5.49. The highest BCUT2D eigenvalue weighted by Crippen LogP contribution is 2.35. The molecule has 0 spiro atoms. The van der Waals surface area contributed by atoms with Crippen LogP contribution in [0, 0.1) is 0 Å². The molecule has 0 saturated carbocycles. The van der Waals surface area contributed by atoms with E-state index < -0.39 is 17.1 Å². The van der Waals surface area contributed by atoms with Crippen molar-refractivity contribution in [1.82, 2.24) is 4.90 Å². The Morgan fingerprint density at radius 2 is 1.86 bits per heavy atom. The number of nitrogens with zero attached hydrogens (tertiary/aromatic N) is 2. The van der Waals surface area contributed by atoms with E-state index in [0.717, 1.165) is 16.7 Å². The smallest absolute Gasteiger partial charge is 0.293 e. The summed E-state index contributed by atoms with van der Waals surface area (Å²) in [4.78, 5) is 41.3. The van der Waals surface area contributed by atoms with Gasteiger partial charge in [0.2, 0.25) is 0 Å². The van der Waals surface area contributed by atoms with Crippen molar-refractivity contribution in [2.75, 3.05) is 19.1 Å². The Morgan fingerprint density at radius 1 is 1.08 bits per heavy atom. The summed E-state index contributed by atoms with van der Waals surface area (Å²) in [6, 6.07) is 16.3. The zero-order chi connectivity index (χ0) is 26.0. The van der Waals surface area contributed by atoms with E-state index in [2.05, 4.69) is 0 Å². The number of halogens is 2. The van der Waals surface area contributed by atoms with Gasteiger partial charge in [-0.2, -0.15) is 0 Å². The average molecular weight is 543 g/mol. The number of methoxy groups -OCH3 is 1. The fourth-order valence-corrected chi connectivity index (χ4v) is 4.70. The van der Waals surface area contributed by atoms with Crippen molar-refractivity contribution < 1.29 is 24.2 Å². The maximum atomic E-state index is 13.1. The third-order valence-corrected chi connectivity index (χ3v) is 7.14. The molecule has 0 atom stereocenters. The monoisotopic (exact) mass is 542 g/mol. The van der Waals surface area contributed by atoms with E-state index in [0.29, 0.717) is 32.6 Å². The average Bonchev–Trinajstić information content (AvgIpc) is 3.13. The van der Waals surface area contributed by atoms with E-state index in [4.69, 9.17) is 27.9 Å². The highest BCUT2D eigenvalue weighted by molar-refractivity contribution is 8.18. The number of amides is 3. The van der Waals surface area contributed by atoms with Crippen LogP contribution in [0.15, 0.2) is 65.6 Å². The molecule has 0 aliphatic carbocycles. The highest BCUT2D eigenvalue weighted by Gasteiger charge is 2.35. The van der Waals surface area contributed by atoms with Crippen LogP contribution in [0.4, 0.5) is 10.5 Å². The lowest BCUT2D eigenvalue weighted by Crippen LogP contribution is -2.27. The van der Waals surface area contributed by atoms with E-state index in [9.17, 15) is 19.5 Å². The van der Waals surface area contributed by atoms with Crippen LogP contribution in [-0.4, -0.2) is 41.2 Å². The van der Waals surface area contributed by atoms with Gasteiger partial charge >= 0.3 is 0 Å². The van der Waals surface area contributed by atoms with Crippen molar-refractivity contribution in [2.24, 2.45) is 0 Å². The molecule has 0 unspecified atom stereocenters. The van der Waals surface area contributed by atoms with Crippen molar-refractivity contribution in [3.05, 3.63) is 92.3 Å². The summed E-state index contributed by atoms with van der Waals surface area (Å²) in [5.41, 5.74) is 1.76. The Balaban J connectivity index is 1.57. The van der Waals surface area contributed by atoms with Crippen LogP contribution < -0.4 is 9.64 Å². The lowest BCUT2D eigenvalue weighted by Gasteiger charge is -2.19. The number of hydrogen-bond donors (Lipinski definition) is 1. The molecule has 0 radical (unpaired) electrons. The van der Waals surface area contributed by atoms with Gasteiger partial charge < -0.3 is 14.7 Å². The molecule has 1 aliphatic rings. The molecule has 3 amide bonds. The largest absolute Gasteiger partial charge is 0.507 e. The number of carbonyl (C=O) groups is 3. The van der Waals surface area contributed by atoms with Gasteiger partial charge in [0, 0.05) is 18.8 Å². The SMILES string of the molecule is COc1cccc(N(C)C(=O)c2cc(C=C3SC(=O)N(Cc4ccc(Cl)c(Cl)c4)C3=O)ccc2O)c1. The Kier molecular flexibility index (Phi) is 7.59. The molecule has 1 saturated heterocycles. The summed E-state index contributed by atoms with van der Waals surface area (Å²) in [7, 11) is 3.11. The molecule has 0 aromatic heterocycles. The lowest BCUT2D eigenvalue weighted by molar-refractivity contribution is -0.123. The minimum absolute atomic E-state index is 0.0452. The number of imide groups is 1. The molecule has 1 aliphatic heterocycles. The standard InChI is InChI=1S/C26H20Cl2N2O5S/c1-29(17-4-3-5-18(13-17)35-2)24(32)19-10-15(7-9-22(19)31)12-23-25(33)30(26(34)36-23)14-16-6-8-20(27)21(28)11-16/h3-13,31H,14H2,1-2H3. The van der Waals surface area contributed by atoms with E-state index in [-0.39, 0.29) is 22.8 Å². The zero-order valence-electron chi connectivity index (χ0n) is 19.2. The minimum atomic E-state index is -0.467. The number of carbonyl (C=O) groups excluding carboxylic acids is 3. The molecule has 1 heterocycles. The van der Waals surface area contributed by atoms with Crippen molar-refractivity contribution in [2.45, 2.75) is 6.54 Å². The molecule has 1 fully saturated rings. The molecule has 184 valence electrons. The number of thioether (sulfide) groups is 1. The van der Waals surface area contributed by atoms with Crippen molar-refractivity contribution in [1.29, 1.82) is 0 Å². The minimum Gasteiger partial charge on any atom is -0.507 e. The van der Waals surface area contributed by atoms with Crippen molar-refractivity contribution in [3.8, 4) is 11.5 Å². The lowest BCUT2D eigenvalue weighted by atomic mass is 10.1. The van der Waals surface area contributed by atoms with Crippen LogP contribution in [0.3, 0.4) is 0 Å². The number of hydrogen-bond acceptors (Lipinski definition) is 6. The van der Waals surface area contributed by atoms with Gasteiger partial charge in [0.1, 0.15) is 11.5 Å². The highest BCUT2D eigenvalue weighted by atomic mass is 35.5. The zero-order valence-corrected chi connectivity index (χ0v) is 21.5. The summed E-state index contributed by atoms with van der Waals surface area (Å²) < 4.78 is 5.21. The molecule has 10 heteroatoms. The first-order chi connectivity index (χ1) is 17.2. The normalized spacial score (nSPS) is 14.4. The van der Waals surface area contributed by atoms with Gasteiger partial charge in [-0.15, -0.1) is 0 Å². The summed E-state index contributed by atoms with van der Waals surface area (Å²) >= 11 is 12.8. The van der Waals surface area contributed by atoms with Crippen molar-refractivity contribution >= 4 is 63.8 Å². The number of phenols is 1. The molecule has 0 bridgehead atoms. The summed E-state index contributed by atoms with van der Waals surface area (Å²) in [5, 5.41) is 10.6. The van der Waals surface area contributed by atoms with Crippen LogP contribution >= 0.6 is 35.0 Å². The van der Waals surface area contributed by atoms with E-state index >= 15 is 0 Å². The molecular formula is C26H20Cl2N2O5S. The molecule has 3 aromatic rings. The number of benzene rings is 3. The molecule has 7 nitrogen and oxygen atoms in total. The predicted molar refractivity (Wildman–Crippen MR) is 142 cm³/mol. The Morgan fingerprint density at radius 3 is 2.58 bits per heavy atom. The Bertz CT molecular complexity index is 1410. The first-order valence-corrected chi connectivity index (χ1v) is 12.2. The van der Waals surface area contributed by atoms with Gasteiger partial charge in [0.15, 0.2) is 0 Å². The fourth-order valence-electron chi connectivity index (χ4n) is 3.54. The van der Waals surface area contributed by atoms with Gasteiger partial charge in [0.05, 0.1) is 34.2 Å². The second-order valence-electron chi connectivity index (χ2n) is 7.86. The van der Waals surface area contributed by atoms with Crippen LogP contribution in [0.1, 0.15) is 21.5 Å². The van der Waals surface area contributed by atoms with Gasteiger partial charge in [0.25, 0.3) is 17.1 Å². The Hall–Kier alpha value is -3.46. The molecule has 4 rings (SSSR count). The number of phenolic OH excluding ortho intramolecular Hbond substituents is 1. The maximum Gasteiger partial charge on any atom is 0.293 e. The Labute approximate surface area is 221 Å². The predicted octanol–water partition coefficient (Wildman–Crippen LogP) is 6.22. The first-order valence-electron chi connectivity index (χ1n) is 10.6. The molecule has 1 N–H and O–H groups in total.